The Balaban J connectivity index is 2.62. The molecule has 1 rings (SSSR count). The smallest absolute Gasteiger partial charge is 0.321 e. The first kappa shape index (κ1) is 12.2. The average Bonchev–Trinajstić information content (AvgIpc) is 2.43. The monoisotopic (exact) mass is 277 g/mol. The second-order valence-corrected chi connectivity index (χ2v) is 4.54. The van der Waals surface area contributed by atoms with Gasteiger partial charge in [-0.2, -0.15) is 0 Å². The molecule has 1 heterocycles. The van der Waals surface area contributed by atoms with E-state index >= 15 is 0 Å². The van der Waals surface area contributed by atoms with Crippen molar-refractivity contribution in [3.05, 3.63) is 0 Å². The molecule has 2 unspecified atom stereocenters. The number of esters is 1. The van der Waals surface area contributed by atoms with Gasteiger partial charge in [-0.05, 0) is 0 Å². The molecule has 0 saturated carbocycles. The molecular formula is C9H12BrNO4. The van der Waals surface area contributed by atoms with Crippen LogP contribution in [0.15, 0.2) is 0 Å². The molecule has 0 bridgehead atoms. The Bertz CT molecular complexity index is 304. The molecule has 15 heavy (non-hydrogen) atoms. The number of rotatable bonds is 3. The Labute approximate surface area is 95.9 Å². The van der Waals surface area contributed by atoms with Gasteiger partial charge in [0.25, 0.3) is 0 Å². The molecular weight excluding hydrogens is 266 g/mol. The van der Waals surface area contributed by atoms with Crippen molar-refractivity contribution >= 4 is 33.7 Å². The molecule has 2 amide bonds. The summed E-state index contributed by atoms with van der Waals surface area (Å²) in [5.41, 5.74) is 0. The first-order valence-electron chi connectivity index (χ1n) is 4.53. The third kappa shape index (κ3) is 2.56. The van der Waals surface area contributed by atoms with Crippen LogP contribution in [0.5, 0.6) is 0 Å². The summed E-state index contributed by atoms with van der Waals surface area (Å²) in [6, 6.07) is 0. The number of nitrogens with zero attached hydrogens (tertiary/aromatic N) is 1. The zero-order valence-electron chi connectivity index (χ0n) is 8.53. The quantitative estimate of drug-likeness (QED) is 0.423. The molecule has 1 saturated heterocycles. The average molecular weight is 278 g/mol. The predicted molar refractivity (Wildman–Crippen MR) is 55.2 cm³/mol. The molecule has 0 spiro atoms. The van der Waals surface area contributed by atoms with E-state index in [0.29, 0.717) is 0 Å². The normalized spacial score (nSPS) is 23.1. The zero-order chi connectivity index (χ0) is 11.6. The molecule has 0 N–H and O–H groups in total. The van der Waals surface area contributed by atoms with Crippen LogP contribution in [0.3, 0.4) is 0 Å². The highest BCUT2D eigenvalue weighted by atomic mass is 79.9. The fourth-order valence-corrected chi connectivity index (χ4v) is 1.88. The fraction of sp³-hybridized carbons (Fsp3) is 0.667. The van der Waals surface area contributed by atoms with E-state index in [1.165, 1.54) is 7.11 Å². The van der Waals surface area contributed by atoms with E-state index in [1.807, 2.05) is 0 Å². The summed E-state index contributed by atoms with van der Waals surface area (Å²) < 4.78 is 4.48. The summed E-state index contributed by atoms with van der Waals surface area (Å²) in [6.07, 6.45) is 0.222. The van der Waals surface area contributed by atoms with E-state index in [1.54, 1.807) is 6.92 Å². The second-order valence-electron chi connectivity index (χ2n) is 3.44. The van der Waals surface area contributed by atoms with Crippen molar-refractivity contribution in [1.82, 2.24) is 4.90 Å². The van der Waals surface area contributed by atoms with Crippen molar-refractivity contribution in [2.75, 3.05) is 13.7 Å². The van der Waals surface area contributed by atoms with Gasteiger partial charge in [0.15, 0.2) is 0 Å². The molecule has 0 aliphatic carbocycles. The number of halogens is 1. The van der Waals surface area contributed by atoms with Crippen molar-refractivity contribution in [3.8, 4) is 0 Å². The minimum atomic E-state index is -0.652. The molecule has 0 aromatic rings. The summed E-state index contributed by atoms with van der Waals surface area (Å²) in [5, 5.41) is 0. The van der Waals surface area contributed by atoms with Crippen LogP contribution in [0.1, 0.15) is 13.3 Å². The molecule has 1 fully saturated rings. The maximum absolute atomic E-state index is 11.5. The standard InChI is InChI=1S/C9H12BrNO4/c1-5-3-7(12)11(8(5)13)4-6(10)9(14)15-2/h5-6H,3-4H2,1-2H3. The van der Waals surface area contributed by atoms with E-state index in [4.69, 9.17) is 0 Å². The minimum Gasteiger partial charge on any atom is -0.468 e. The zero-order valence-corrected chi connectivity index (χ0v) is 10.1. The van der Waals surface area contributed by atoms with Crippen molar-refractivity contribution in [3.63, 3.8) is 0 Å². The van der Waals surface area contributed by atoms with Crippen LogP contribution in [0, 0.1) is 5.92 Å². The lowest BCUT2D eigenvalue weighted by molar-refractivity contribution is -0.142. The van der Waals surface area contributed by atoms with Crippen LogP contribution in [-0.2, 0) is 19.1 Å². The largest absolute Gasteiger partial charge is 0.468 e. The molecule has 0 aromatic heterocycles. The highest BCUT2D eigenvalue weighted by molar-refractivity contribution is 9.10. The van der Waals surface area contributed by atoms with Gasteiger partial charge < -0.3 is 4.74 Å². The molecule has 0 aromatic carbocycles. The maximum atomic E-state index is 11.5. The number of methoxy groups -OCH3 is 1. The molecule has 2 atom stereocenters. The van der Waals surface area contributed by atoms with Crippen LogP contribution >= 0.6 is 15.9 Å². The van der Waals surface area contributed by atoms with E-state index in [2.05, 4.69) is 20.7 Å². The number of hydrogen-bond donors (Lipinski definition) is 0. The SMILES string of the molecule is COC(=O)C(Br)CN1C(=O)CC(C)C1=O. The van der Waals surface area contributed by atoms with Gasteiger partial charge in [-0.15, -0.1) is 0 Å². The minimum absolute atomic E-state index is 0.0364. The summed E-state index contributed by atoms with van der Waals surface area (Å²) >= 11 is 3.07. The number of likely N-dealkylation sites (tertiary alicyclic amines) is 1. The Morgan fingerprint density at radius 2 is 2.27 bits per heavy atom. The van der Waals surface area contributed by atoms with E-state index < -0.39 is 10.8 Å². The summed E-state index contributed by atoms with van der Waals surface area (Å²) in [7, 11) is 1.26. The molecule has 1 aliphatic heterocycles. The van der Waals surface area contributed by atoms with Crippen LogP contribution in [0.25, 0.3) is 0 Å². The highest BCUT2D eigenvalue weighted by Crippen LogP contribution is 2.20. The molecule has 1 aliphatic rings. The third-order valence-corrected chi connectivity index (χ3v) is 2.93. The van der Waals surface area contributed by atoms with Crippen LogP contribution in [-0.4, -0.2) is 41.2 Å². The van der Waals surface area contributed by atoms with Gasteiger partial charge in [0.05, 0.1) is 13.7 Å². The number of hydrogen-bond acceptors (Lipinski definition) is 4. The van der Waals surface area contributed by atoms with Gasteiger partial charge >= 0.3 is 5.97 Å². The third-order valence-electron chi connectivity index (χ3n) is 2.27. The maximum Gasteiger partial charge on any atom is 0.321 e. The lowest BCUT2D eigenvalue weighted by atomic mass is 10.1. The summed E-state index contributed by atoms with van der Waals surface area (Å²) in [5.74, 6) is -1.24. The lowest BCUT2D eigenvalue weighted by Crippen LogP contribution is -2.38. The first-order chi connectivity index (χ1) is 6.97. The van der Waals surface area contributed by atoms with Crippen LogP contribution < -0.4 is 0 Å². The van der Waals surface area contributed by atoms with E-state index in [0.717, 1.165) is 4.90 Å². The topological polar surface area (TPSA) is 63.7 Å². The van der Waals surface area contributed by atoms with Gasteiger partial charge in [0, 0.05) is 12.3 Å². The first-order valence-corrected chi connectivity index (χ1v) is 5.45. The highest BCUT2D eigenvalue weighted by Gasteiger charge is 2.37. The predicted octanol–water partition coefficient (Wildman–Crippen LogP) is 0.318. The van der Waals surface area contributed by atoms with E-state index in [9.17, 15) is 14.4 Å². The number of ether oxygens (including phenoxy) is 1. The second kappa shape index (κ2) is 4.74. The lowest BCUT2D eigenvalue weighted by Gasteiger charge is -2.16. The molecule has 0 radical (unpaired) electrons. The Kier molecular flexibility index (Phi) is 3.84. The Morgan fingerprint density at radius 1 is 1.67 bits per heavy atom. The summed E-state index contributed by atoms with van der Waals surface area (Å²) in [4.78, 5) is 34.4. The van der Waals surface area contributed by atoms with Gasteiger partial charge in [0.1, 0.15) is 4.83 Å². The van der Waals surface area contributed by atoms with Crippen LogP contribution in [0.4, 0.5) is 0 Å². The van der Waals surface area contributed by atoms with Gasteiger partial charge in [-0.25, -0.2) is 0 Å². The number of imide groups is 1. The number of carbonyl (C=O) groups is 3. The number of carbonyl (C=O) groups excluding carboxylic acids is 3. The van der Waals surface area contributed by atoms with Crippen molar-refractivity contribution in [2.45, 2.75) is 18.2 Å². The van der Waals surface area contributed by atoms with Crippen molar-refractivity contribution in [1.29, 1.82) is 0 Å². The molecule has 84 valence electrons. The van der Waals surface area contributed by atoms with Gasteiger partial charge in [-0.3, -0.25) is 19.3 Å². The summed E-state index contributed by atoms with van der Waals surface area (Å²) in [6.45, 7) is 1.73. The Hall–Kier alpha value is -0.910. The molecule has 5 nitrogen and oxygen atoms in total. The number of alkyl halides is 1. The molecule has 6 heteroatoms. The van der Waals surface area contributed by atoms with Crippen LogP contribution in [0.2, 0.25) is 0 Å². The van der Waals surface area contributed by atoms with E-state index in [-0.39, 0.29) is 30.7 Å². The van der Waals surface area contributed by atoms with Gasteiger partial charge in [0.2, 0.25) is 11.8 Å². The Morgan fingerprint density at radius 3 is 2.67 bits per heavy atom. The van der Waals surface area contributed by atoms with Gasteiger partial charge in [-0.1, -0.05) is 22.9 Å². The number of amides is 2. The fourth-order valence-electron chi connectivity index (χ4n) is 1.40. The van der Waals surface area contributed by atoms with Crippen molar-refractivity contribution in [2.24, 2.45) is 5.92 Å². The van der Waals surface area contributed by atoms with Crippen molar-refractivity contribution < 1.29 is 19.1 Å².